The van der Waals surface area contributed by atoms with Crippen LogP contribution in [0, 0.1) is 13.8 Å². The highest BCUT2D eigenvalue weighted by Crippen LogP contribution is 2.30. The zero-order chi connectivity index (χ0) is 18.4. The summed E-state index contributed by atoms with van der Waals surface area (Å²) in [5, 5.41) is 22.9. The first-order valence-corrected chi connectivity index (χ1v) is 9.01. The molecule has 0 unspecified atom stereocenters. The number of hydrogen-bond donors (Lipinski definition) is 1. The number of aryl methyl sites for hydroxylation is 2. The molecule has 4 rings (SSSR count). The van der Waals surface area contributed by atoms with Gasteiger partial charge < -0.3 is 14.6 Å². The number of rotatable bonds is 3. The van der Waals surface area contributed by atoms with E-state index in [4.69, 9.17) is 0 Å². The Hall–Kier alpha value is -2.26. The highest BCUT2D eigenvalue weighted by atomic mass is 16.3. The molecule has 140 valence electrons. The average molecular weight is 359 g/mol. The van der Waals surface area contributed by atoms with E-state index < -0.39 is 0 Å². The Morgan fingerprint density at radius 2 is 2.12 bits per heavy atom. The van der Waals surface area contributed by atoms with Gasteiger partial charge in [-0.1, -0.05) is 0 Å². The van der Waals surface area contributed by atoms with Crippen molar-refractivity contribution in [1.82, 2.24) is 34.3 Å². The van der Waals surface area contributed by atoms with Gasteiger partial charge in [-0.05, 0) is 33.4 Å². The third-order valence-corrected chi connectivity index (χ3v) is 5.35. The van der Waals surface area contributed by atoms with Gasteiger partial charge in [-0.15, -0.1) is 10.2 Å². The molecule has 0 aliphatic carbocycles. The van der Waals surface area contributed by atoms with E-state index in [1.54, 1.807) is 4.68 Å². The molecule has 1 fully saturated rings. The van der Waals surface area contributed by atoms with Crippen molar-refractivity contribution < 1.29 is 9.90 Å². The Morgan fingerprint density at radius 1 is 1.31 bits per heavy atom. The molecule has 0 radical (unpaired) electrons. The number of aliphatic hydroxyl groups excluding tert-OH is 1. The number of aromatic nitrogens is 5. The highest BCUT2D eigenvalue weighted by Gasteiger charge is 2.35. The quantitative estimate of drug-likeness (QED) is 0.821. The van der Waals surface area contributed by atoms with E-state index >= 15 is 0 Å². The third kappa shape index (κ3) is 3.01. The summed E-state index contributed by atoms with van der Waals surface area (Å²) in [6.07, 6.45) is 0.357. The SMILES string of the molecule is Cc1cc(C)n(CC(=O)N2CCn3c(nnc3[C@@H]3C[C@@H](O)CN3C)C2)n1. The summed E-state index contributed by atoms with van der Waals surface area (Å²) in [4.78, 5) is 16.6. The number of aliphatic hydroxyl groups is 1. The van der Waals surface area contributed by atoms with E-state index in [1.165, 1.54) is 0 Å². The summed E-state index contributed by atoms with van der Waals surface area (Å²) in [5.41, 5.74) is 1.90. The van der Waals surface area contributed by atoms with Crippen LogP contribution >= 0.6 is 0 Å². The standard InChI is InChI=1S/C17H25N7O2/c1-11-6-12(2)24(20-11)10-16(26)22-4-5-23-15(9-22)18-19-17(23)14-7-13(25)8-21(14)3/h6,13-14,25H,4-5,7-10H2,1-3H3/t13-,14+/m1/s1. The fraction of sp³-hybridized carbons (Fsp3) is 0.647. The van der Waals surface area contributed by atoms with E-state index in [0.29, 0.717) is 32.6 Å². The molecule has 0 aromatic carbocycles. The van der Waals surface area contributed by atoms with Crippen LogP contribution in [0.1, 0.15) is 35.5 Å². The highest BCUT2D eigenvalue weighted by molar-refractivity contribution is 5.76. The monoisotopic (exact) mass is 359 g/mol. The molecule has 2 aromatic rings. The lowest BCUT2D eigenvalue weighted by molar-refractivity contribution is -0.133. The maximum Gasteiger partial charge on any atom is 0.244 e. The second-order valence-corrected chi connectivity index (χ2v) is 7.37. The van der Waals surface area contributed by atoms with Crippen LogP contribution < -0.4 is 0 Å². The Labute approximate surface area is 152 Å². The number of likely N-dealkylation sites (N-methyl/N-ethyl adjacent to an activating group) is 1. The summed E-state index contributed by atoms with van der Waals surface area (Å²) >= 11 is 0. The van der Waals surface area contributed by atoms with Crippen LogP contribution in [0.25, 0.3) is 0 Å². The summed E-state index contributed by atoms with van der Waals surface area (Å²) in [5.74, 6) is 1.74. The fourth-order valence-electron chi connectivity index (χ4n) is 3.98. The number of β-amino-alcohol motifs (C(OH)–C–C–N with tert-alkyl or cyclic N) is 1. The van der Waals surface area contributed by atoms with Gasteiger partial charge in [0, 0.05) is 25.3 Å². The molecule has 9 heteroatoms. The molecular formula is C17H25N7O2. The van der Waals surface area contributed by atoms with E-state index in [9.17, 15) is 9.90 Å². The minimum absolute atomic E-state index is 0.0420. The smallest absolute Gasteiger partial charge is 0.244 e. The number of carbonyl (C=O) groups is 1. The Balaban J connectivity index is 1.47. The molecule has 1 N–H and O–H groups in total. The van der Waals surface area contributed by atoms with Crippen molar-refractivity contribution in [3.8, 4) is 0 Å². The van der Waals surface area contributed by atoms with E-state index in [2.05, 4.69) is 24.8 Å². The number of nitrogens with zero attached hydrogens (tertiary/aromatic N) is 7. The number of hydrogen-bond acceptors (Lipinski definition) is 6. The van der Waals surface area contributed by atoms with Crippen LogP contribution in [-0.4, -0.2) is 71.6 Å². The van der Waals surface area contributed by atoms with E-state index in [0.717, 1.165) is 23.0 Å². The Kier molecular flexibility index (Phi) is 4.28. The lowest BCUT2D eigenvalue weighted by atomic mass is 10.2. The van der Waals surface area contributed by atoms with Crippen LogP contribution in [0.4, 0.5) is 0 Å². The molecule has 2 aliphatic heterocycles. The Bertz CT molecular complexity index is 827. The molecule has 1 amide bonds. The van der Waals surface area contributed by atoms with Crippen molar-refractivity contribution in [1.29, 1.82) is 0 Å². The Morgan fingerprint density at radius 3 is 2.77 bits per heavy atom. The molecule has 2 aromatic heterocycles. The van der Waals surface area contributed by atoms with Gasteiger partial charge in [0.25, 0.3) is 0 Å². The molecule has 0 spiro atoms. The fourth-order valence-corrected chi connectivity index (χ4v) is 3.98. The minimum Gasteiger partial charge on any atom is -0.392 e. The maximum atomic E-state index is 12.7. The second kappa shape index (κ2) is 6.48. The summed E-state index contributed by atoms with van der Waals surface area (Å²) in [6.45, 7) is 6.56. The molecule has 0 bridgehead atoms. The van der Waals surface area contributed by atoms with Crippen LogP contribution in [0.2, 0.25) is 0 Å². The molecule has 1 saturated heterocycles. The van der Waals surface area contributed by atoms with Crippen molar-refractivity contribution in [2.45, 2.75) is 52.0 Å². The van der Waals surface area contributed by atoms with Gasteiger partial charge in [0.1, 0.15) is 6.54 Å². The van der Waals surface area contributed by atoms with Gasteiger partial charge in [0.05, 0.1) is 24.4 Å². The van der Waals surface area contributed by atoms with E-state index in [1.807, 2.05) is 31.9 Å². The van der Waals surface area contributed by atoms with Gasteiger partial charge in [-0.3, -0.25) is 14.4 Å². The summed E-state index contributed by atoms with van der Waals surface area (Å²) in [7, 11) is 2.00. The first kappa shape index (κ1) is 17.2. The van der Waals surface area contributed by atoms with Gasteiger partial charge in [0.2, 0.25) is 5.91 Å². The summed E-state index contributed by atoms with van der Waals surface area (Å²) < 4.78 is 3.85. The molecule has 26 heavy (non-hydrogen) atoms. The maximum absolute atomic E-state index is 12.7. The molecule has 2 atom stereocenters. The van der Waals surface area contributed by atoms with Gasteiger partial charge >= 0.3 is 0 Å². The van der Waals surface area contributed by atoms with Gasteiger partial charge in [0.15, 0.2) is 11.6 Å². The number of likely N-dealkylation sites (tertiary alicyclic amines) is 1. The predicted octanol–water partition coefficient (Wildman–Crippen LogP) is -0.129. The first-order chi connectivity index (χ1) is 12.4. The average Bonchev–Trinajstić information content (AvgIpc) is 3.24. The first-order valence-electron chi connectivity index (χ1n) is 9.01. The van der Waals surface area contributed by atoms with Crippen molar-refractivity contribution >= 4 is 5.91 Å². The second-order valence-electron chi connectivity index (χ2n) is 7.37. The molecule has 0 saturated carbocycles. The lowest BCUT2D eigenvalue weighted by Crippen LogP contribution is -2.41. The molecule has 9 nitrogen and oxygen atoms in total. The van der Waals surface area contributed by atoms with Gasteiger partial charge in [-0.2, -0.15) is 5.10 Å². The molecular weight excluding hydrogens is 334 g/mol. The third-order valence-electron chi connectivity index (χ3n) is 5.35. The van der Waals surface area contributed by atoms with Crippen molar-refractivity contribution in [2.75, 3.05) is 20.1 Å². The normalized spacial score (nSPS) is 23.5. The molecule has 4 heterocycles. The predicted molar refractivity (Wildman–Crippen MR) is 93.1 cm³/mol. The minimum atomic E-state index is -0.319. The summed E-state index contributed by atoms with van der Waals surface area (Å²) in [6, 6.07) is 2.06. The van der Waals surface area contributed by atoms with Crippen LogP contribution in [0.15, 0.2) is 6.07 Å². The van der Waals surface area contributed by atoms with Crippen molar-refractivity contribution in [3.63, 3.8) is 0 Å². The zero-order valence-electron chi connectivity index (χ0n) is 15.5. The van der Waals surface area contributed by atoms with E-state index in [-0.39, 0.29) is 24.6 Å². The number of fused-ring (bicyclic) bond motifs is 1. The van der Waals surface area contributed by atoms with Crippen LogP contribution in [0.5, 0.6) is 0 Å². The number of carbonyl (C=O) groups excluding carboxylic acids is 1. The topological polar surface area (TPSA) is 92.3 Å². The van der Waals surface area contributed by atoms with Crippen LogP contribution in [0.3, 0.4) is 0 Å². The lowest BCUT2D eigenvalue weighted by Gasteiger charge is -2.29. The largest absolute Gasteiger partial charge is 0.392 e. The van der Waals surface area contributed by atoms with Crippen molar-refractivity contribution in [2.24, 2.45) is 0 Å². The van der Waals surface area contributed by atoms with Crippen molar-refractivity contribution in [3.05, 3.63) is 29.1 Å². The zero-order valence-corrected chi connectivity index (χ0v) is 15.5. The molecule has 2 aliphatic rings. The van der Waals surface area contributed by atoms with Crippen LogP contribution in [-0.2, 0) is 24.4 Å². The number of amides is 1. The van der Waals surface area contributed by atoms with Gasteiger partial charge in [-0.25, -0.2) is 0 Å².